The number of H-pyrrole nitrogens is 1. The van der Waals surface area contributed by atoms with Crippen molar-refractivity contribution >= 4 is 22.8 Å². The lowest BCUT2D eigenvalue weighted by molar-refractivity contribution is -0.149. The van der Waals surface area contributed by atoms with Crippen molar-refractivity contribution in [2.75, 3.05) is 33.4 Å². The SMILES string of the molecule is CCOC(=O)C1CCN(C(=O)c2coc(CN(CCc3c[nH]c4ccccc34)Cc3ccccc3OC)n2)CC1. The summed E-state index contributed by atoms with van der Waals surface area (Å²) in [7, 11) is 1.68. The molecule has 1 saturated heterocycles. The maximum Gasteiger partial charge on any atom is 0.309 e. The second-order valence-corrected chi connectivity index (χ2v) is 10.1. The molecule has 0 bridgehead atoms. The second kappa shape index (κ2) is 12.8. The van der Waals surface area contributed by atoms with E-state index in [1.807, 2.05) is 24.3 Å². The fraction of sp³-hybridized carbons (Fsp3) is 0.387. The molecule has 0 spiro atoms. The number of likely N-dealkylation sites (tertiary alicyclic amines) is 1. The van der Waals surface area contributed by atoms with Crippen molar-refractivity contribution < 1.29 is 23.5 Å². The van der Waals surface area contributed by atoms with Crippen molar-refractivity contribution in [1.82, 2.24) is 19.8 Å². The zero-order chi connectivity index (χ0) is 27.9. The first-order valence-electron chi connectivity index (χ1n) is 13.8. The van der Waals surface area contributed by atoms with Gasteiger partial charge in [0.25, 0.3) is 5.91 Å². The molecular weight excluding hydrogens is 508 g/mol. The fourth-order valence-electron chi connectivity index (χ4n) is 5.32. The third-order valence-corrected chi connectivity index (χ3v) is 7.49. The van der Waals surface area contributed by atoms with E-state index in [0.717, 1.165) is 29.8 Å². The number of fused-ring (bicyclic) bond motifs is 1. The molecule has 1 amide bonds. The van der Waals surface area contributed by atoms with Crippen LogP contribution in [0.3, 0.4) is 0 Å². The standard InChI is InChI=1S/C31H36N4O5/c1-3-39-31(37)22-13-16-35(17-14-22)30(36)27-21-40-29(33-27)20-34(19-24-8-4-7-11-28(24)38-2)15-12-23-18-32-26-10-6-5-9-25(23)26/h4-11,18,21-22,32H,3,12-17,19-20H2,1-2H3. The summed E-state index contributed by atoms with van der Waals surface area (Å²) in [5.41, 5.74) is 3.72. The van der Waals surface area contributed by atoms with Crippen molar-refractivity contribution in [3.05, 3.63) is 83.7 Å². The number of aromatic amines is 1. The predicted octanol–water partition coefficient (Wildman–Crippen LogP) is 4.82. The molecule has 0 radical (unpaired) electrons. The minimum atomic E-state index is -0.180. The smallest absolute Gasteiger partial charge is 0.309 e. The van der Waals surface area contributed by atoms with Crippen LogP contribution < -0.4 is 4.74 Å². The Hall–Kier alpha value is -4.11. The number of carbonyl (C=O) groups is 2. The molecule has 1 aliphatic heterocycles. The van der Waals surface area contributed by atoms with Crippen LogP contribution in [0.25, 0.3) is 10.9 Å². The number of esters is 1. The number of ether oxygens (including phenoxy) is 2. The lowest BCUT2D eigenvalue weighted by Crippen LogP contribution is -2.40. The van der Waals surface area contributed by atoms with Crippen LogP contribution in [0.4, 0.5) is 0 Å². The summed E-state index contributed by atoms with van der Waals surface area (Å²) in [5, 5.41) is 1.22. The quantitative estimate of drug-likeness (QED) is 0.270. The highest BCUT2D eigenvalue weighted by atomic mass is 16.5. The molecule has 0 atom stereocenters. The Bertz CT molecular complexity index is 1440. The van der Waals surface area contributed by atoms with Gasteiger partial charge in [0.15, 0.2) is 5.69 Å². The summed E-state index contributed by atoms with van der Waals surface area (Å²) in [6.07, 6.45) is 5.53. The van der Waals surface area contributed by atoms with Crippen molar-refractivity contribution in [1.29, 1.82) is 0 Å². The van der Waals surface area contributed by atoms with E-state index in [4.69, 9.17) is 13.9 Å². The number of oxazole rings is 1. The normalized spacial score (nSPS) is 14.1. The Labute approximate surface area is 234 Å². The number of aromatic nitrogens is 2. The summed E-state index contributed by atoms with van der Waals surface area (Å²) < 4.78 is 16.5. The topological polar surface area (TPSA) is 101 Å². The van der Waals surface area contributed by atoms with E-state index in [1.54, 1.807) is 18.9 Å². The molecule has 5 rings (SSSR count). The molecule has 3 heterocycles. The van der Waals surface area contributed by atoms with Crippen LogP contribution in [0.5, 0.6) is 5.75 Å². The van der Waals surface area contributed by atoms with Crippen LogP contribution in [0.2, 0.25) is 0 Å². The first kappa shape index (κ1) is 27.5. The Balaban J connectivity index is 1.26. The van der Waals surface area contributed by atoms with Crippen molar-refractivity contribution in [3.8, 4) is 5.75 Å². The second-order valence-electron chi connectivity index (χ2n) is 10.1. The van der Waals surface area contributed by atoms with Gasteiger partial charge in [-0.25, -0.2) is 4.98 Å². The highest BCUT2D eigenvalue weighted by Crippen LogP contribution is 2.24. The molecule has 210 valence electrons. The molecule has 2 aromatic heterocycles. The molecule has 1 aliphatic rings. The molecule has 4 aromatic rings. The summed E-state index contributed by atoms with van der Waals surface area (Å²) in [4.78, 5) is 37.1. The van der Waals surface area contributed by atoms with E-state index in [1.165, 1.54) is 17.2 Å². The lowest BCUT2D eigenvalue weighted by Gasteiger charge is -2.30. The Morgan fingerprint density at radius 3 is 2.65 bits per heavy atom. The minimum Gasteiger partial charge on any atom is -0.496 e. The summed E-state index contributed by atoms with van der Waals surface area (Å²) >= 11 is 0. The van der Waals surface area contributed by atoms with Gasteiger partial charge in [0.2, 0.25) is 5.89 Å². The molecule has 1 N–H and O–H groups in total. The number of amides is 1. The van der Waals surface area contributed by atoms with E-state index in [-0.39, 0.29) is 17.8 Å². The zero-order valence-electron chi connectivity index (χ0n) is 23.1. The van der Waals surface area contributed by atoms with Gasteiger partial charge in [-0.1, -0.05) is 36.4 Å². The summed E-state index contributed by atoms with van der Waals surface area (Å²) in [6.45, 7) is 5.00. The molecule has 2 aromatic carbocycles. The highest BCUT2D eigenvalue weighted by molar-refractivity contribution is 5.92. The van der Waals surface area contributed by atoms with E-state index in [9.17, 15) is 9.59 Å². The third-order valence-electron chi connectivity index (χ3n) is 7.49. The van der Waals surface area contributed by atoms with E-state index in [0.29, 0.717) is 57.2 Å². The van der Waals surface area contributed by atoms with Gasteiger partial charge in [0, 0.05) is 48.8 Å². The highest BCUT2D eigenvalue weighted by Gasteiger charge is 2.30. The van der Waals surface area contributed by atoms with E-state index >= 15 is 0 Å². The zero-order valence-corrected chi connectivity index (χ0v) is 23.1. The maximum atomic E-state index is 13.1. The lowest BCUT2D eigenvalue weighted by atomic mass is 9.97. The number of nitrogens with one attached hydrogen (secondary N) is 1. The number of carbonyl (C=O) groups excluding carboxylic acids is 2. The molecule has 0 unspecified atom stereocenters. The molecule has 0 aliphatic carbocycles. The average Bonchev–Trinajstić information content (AvgIpc) is 3.63. The van der Waals surface area contributed by atoms with Gasteiger partial charge in [-0.2, -0.15) is 0 Å². The predicted molar refractivity (Wildman–Crippen MR) is 151 cm³/mol. The molecule has 9 heteroatoms. The van der Waals surface area contributed by atoms with Gasteiger partial charge in [-0.3, -0.25) is 14.5 Å². The number of rotatable bonds is 11. The molecule has 40 heavy (non-hydrogen) atoms. The van der Waals surface area contributed by atoms with E-state index < -0.39 is 0 Å². The first-order valence-corrected chi connectivity index (χ1v) is 13.8. The van der Waals surface area contributed by atoms with Gasteiger partial charge in [-0.15, -0.1) is 0 Å². The summed E-state index contributed by atoms with van der Waals surface area (Å²) in [5.74, 6) is 0.804. The number of nitrogens with zero attached hydrogens (tertiary/aromatic N) is 3. The van der Waals surface area contributed by atoms with E-state index in [2.05, 4.69) is 45.3 Å². The monoisotopic (exact) mass is 544 g/mol. The van der Waals surface area contributed by atoms with Gasteiger partial charge < -0.3 is 23.8 Å². The van der Waals surface area contributed by atoms with Crippen LogP contribution in [0, 0.1) is 5.92 Å². The largest absolute Gasteiger partial charge is 0.496 e. The van der Waals surface area contributed by atoms with Crippen molar-refractivity contribution in [3.63, 3.8) is 0 Å². The van der Waals surface area contributed by atoms with Crippen LogP contribution in [0.15, 0.2) is 65.4 Å². The van der Waals surface area contributed by atoms with Gasteiger partial charge >= 0.3 is 5.97 Å². The third kappa shape index (κ3) is 6.37. The number of piperidine rings is 1. The molecule has 0 saturated carbocycles. The van der Waals surface area contributed by atoms with Crippen LogP contribution >= 0.6 is 0 Å². The van der Waals surface area contributed by atoms with Crippen molar-refractivity contribution in [2.45, 2.75) is 39.3 Å². The average molecular weight is 545 g/mol. The number of methoxy groups -OCH3 is 1. The minimum absolute atomic E-state index is 0.155. The Morgan fingerprint density at radius 1 is 1.07 bits per heavy atom. The number of hydrogen-bond donors (Lipinski definition) is 1. The van der Waals surface area contributed by atoms with Crippen molar-refractivity contribution in [2.24, 2.45) is 5.92 Å². The Kier molecular flexibility index (Phi) is 8.81. The number of benzene rings is 2. The van der Waals surface area contributed by atoms with Gasteiger partial charge in [0.1, 0.15) is 12.0 Å². The van der Waals surface area contributed by atoms with Crippen LogP contribution in [-0.4, -0.2) is 65.0 Å². The van der Waals surface area contributed by atoms with Crippen LogP contribution in [0.1, 0.15) is 47.3 Å². The van der Waals surface area contributed by atoms with Gasteiger partial charge in [-0.05, 0) is 43.9 Å². The van der Waals surface area contributed by atoms with Crippen LogP contribution in [-0.2, 0) is 29.0 Å². The first-order chi connectivity index (χ1) is 19.6. The summed E-state index contributed by atoms with van der Waals surface area (Å²) in [6, 6.07) is 16.3. The number of hydrogen-bond acceptors (Lipinski definition) is 7. The molecule has 1 fully saturated rings. The number of para-hydroxylation sites is 2. The fourth-order valence-corrected chi connectivity index (χ4v) is 5.32. The van der Waals surface area contributed by atoms with Gasteiger partial charge in [0.05, 0.1) is 26.2 Å². The Morgan fingerprint density at radius 2 is 1.85 bits per heavy atom. The molecule has 9 nitrogen and oxygen atoms in total. The maximum absolute atomic E-state index is 13.1. The molecular formula is C31H36N4O5.